The lowest BCUT2D eigenvalue weighted by Gasteiger charge is -2.45. The van der Waals surface area contributed by atoms with Crippen molar-refractivity contribution in [3.8, 4) is 0 Å². The Morgan fingerprint density at radius 2 is 2.29 bits per heavy atom. The molecular formula is C10H17N3O. The highest BCUT2D eigenvalue weighted by molar-refractivity contribution is 4.99. The summed E-state index contributed by atoms with van der Waals surface area (Å²) in [6.07, 6.45) is 4.59. The number of β-amino-alcohol motifs (C(OH)–C–C–N with tert-alkyl or cyclic N) is 1. The van der Waals surface area contributed by atoms with Crippen LogP contribution in [-0.2, 0) is 13.6 Å². The molecule has 1 N–H and O–H groups in total. The van der Waals surface area contributed by atoms with Gasteiger partial charge in [0.15, 0.2) is 0 Å². The minimum Gasteiger partial charge on any atom is -0.387 e. The lowest BCUT2D eigenvalue weighted by atomic mass is 9.91. The number of nitrogens with zero attached hydrogens (tertiary/aromatic N) is 3. The Labute approximate surface area is 84.2 Å². The van der Waals surface area contributed by atoms with Gasteiger partial charge in [-0.15, -0.1) is 0 Å². The molecule has 0 bridgehead atoms. The van der Waals surface area contributed by atoms with Gasteiger partial charge in [-0.1, -0.05) is 6.92 Å². The Bertz CT molecular complexity index is 315. The molecule has 0 radical (unpaired) electrons. The predicted molar refractivity (Wildman–Crippen MR) is 53.7 cm³/mol. The van der Waals surface area contributed by atoms with E-state index in [1.807, 2.05) is 24.7 Å². The Balaban J connectivity index is 1.88. The molecule has 0 amide bonds. The summed E-state index contributed by atoms with van der Waals surface area (Å²) < 4.78 is 2.02. The maximum atomic E-state index is 9.82. The third-order valence-electron chi connectivity index (χ3n) is 2.98. The van der Waals surface area contributed by atoms with Gasteiger partial charge in [-0.2, -0.15) is 0 Å². The number of aryl methyl sites for hydroxylation is 1. The molecule has 0 atom stereocenters. The highest BCUT2D eigenvalue weighted by atomic mass is 16.3. The third kappa shape index (κ3) is 1.67. The van der Waals surface area contributed by atoms with Gasteiger partial charge in [-0.3, -0.25) is 4.90 Å². The Morgan fingerprint density at radius 1 is 1.57 bits per heavy atom. The summed E-state index contributed by atoms with van der Waals surface area (Å²) >= 11 is 0. The average Bonchev–Trinajstić information content (AvgIpc) is 2.49. The second kappa shape index (κ2) is 3.37. The third-order valence-corrected chi connectivity index (χ3v) is 2.98. The van der Waals surface area contributed by atoms with E-state index in [4.69, 9.17) is 0 Å². The molecule has 14 heavy (non-hydrogen) atoms. The second-order valence-electron chi connectivity index (χ2n) is 4.18. The number of hydrogen-bond donors (Lipinski definition) is 1. The number of hydrogen-bond acceptors (Lipinski definition) is 3. The van der Waals surface area contributed by atoms with Crippen molar-refractivity contribution >= 4 is 0 Å². The molecule has 1 aromatic heterocycles. The molecule has 0 saturated carbocycles. The SMILES string of the molecule is CCC1(O)CN(Cc2nccn2C)C1. The highest BCUT2D eigenvalue weighted by Gasteiger charge is 2.39. The van der Waals surface area contributed by atoms with Gasteiger partial charge in [0.05, 0.1) is 12.1 Å². The predicted octanol–water partition coefficient (Wildman–Crippen LogP) is 0.377. The van der Waals surface area contributed by atoms with Gasteiger partial charge in [0, 0.05) is 32.5 Å². The van der Waals surface area contributed by atoms with Crippen LogP contribution in [-0.4, -0.2) is 38.2 Å². The summed E-state index contributed by atoms with van der Waals surface area (Å²) in [5, 5.41) is 9.82. The van der Waals surface area contributed by atoms with Crippen molar-refractivity contribution in [2.24, 2.45) is 7.05 Å². The topological polar surface area (TPSA) is 41.3 Å². The van der Waals surface area contributed by atoms with Crippen LogP contribution in [0.25, 0.3) is 0 Å². The van der Waals surface area contributed by atoms with Gasteiger partial charge in [0.1, 0.15) is 5.82 Å². The molecule has 1 aliphatic heterocycles. The number of aromatic nitrogens is 2. The van der Waals surface area contributed by atoms with E-state index in [1.165, 1.54) is 0 Å². The van der Waals surface area contributed by atoms with Crippen LogP contribution in [0, 0.1) is 0 Å². The summed E-state index contributed by atoms with van der Waals surface area (Å²) in [6, 6.07) is 0. The zero-order valence-corrected chi connectivity index (χ0v) is 8.77. The Hall–Kier alpha value is -0.870. The van der Waals surface area contributed by atoms with E-state index in [0.29, 0.717) is 0 Å². The van der Waals surface area contributed by atoms with Crippen LogP contribution in [0.3, 0.4) is 0 Å². The Kier molecular flexibility index (Phi) is 2.33. The Morgan fingerprint density at radius 3 is 2.79 bits per heavy atom. The minimum atomic E-state index is -0.439. The lowest BCUT2D eigenvalue weighted by Crippen LogP contribution is -2.60. The molecule has 1 saturated heterocycles. The zero-order chi connectivity index (χ0) is 10.2. The summed E-state index contributed by atoms with van der Waals surface area (Å²) in [4.78, 5) is 6.46. The van der Waals surface area contributed by atoms with Gasteiger partial charge in [-0.25, -0.2) is 4.98 Å². The van der Waals surface area contributed by atoms with Crippen molar-refractivity contribution in [2.45, 2.75) is 25.5 Å². The quantitative estimate of drug-likeness (QED) is 0.758. The van der Waals surface area contributed by atoms with Crippen molar-refractivity contribution in [3.63, 3.8) is 0 Å². The molecule has 0 unspecified atom stereocenters. The largest absolute Gasteiger partial charge is 0.387 e. The van der Waals surface area contributed by atoms with E-state index >= 15 is 0 Å². The summed E-state index contributed by atoms with van der Waals surface area (Å²) in [7, 11) is 1.99. The van der Waals surface area contributed by atoms with Crippen LogP contribution >= 0.6 is 0 Å². The average molecular weight is 195 g/mol. The van der Waals surface area contributed by atoms with Crippen LogP contribution in [0.4, 0.5) is 0 Å². The number of aliphatic hydroxyl groups is 1. The summed E-state index contributed by atoms with van der Waals surface area (Å²) in [6.45, 7) is 4.41. The number of rotatable bonds is 3. The first kappa shape index (κ1) is 9.68. The smallest absolute Gasteiger partial charge is 0.122 e. The molecule has 2 rings (SSSR count). The maximum Gasteiger partial charge on any atom is 0.122 e. The molecule has 1 aromatic rings. The van der Waals surface area contributed by atoms with Crippen LogP contribution in [0.5, 0.6) is 0 Å². The lowest BCUT2D eigenvalue weighted by molar-refractivity contribution is -0.104. The van der Waals surface area contributed by atoms with Crippen LogP contribution in [0.15, 0.2) is 12.4 Å². The second-order valence-corrected chi connectivity index (χ2v) is 4.18. The first-order valence-corrected chi connectivity index (χ1v) is 5.04. The molecule has 78 valence electrons. The number of imidazole rings is 1. The van der Waals surface area contributed by atoms with E-state index in [-0.39, 0.29) is 0 Å². The van der Waals surface area contributed by atoms with E-state index in [2.05, 4.69) is 9.88 Å². The minimum absolute atomic E-state index is 0.439. The zero-order valence-electron chi connectivity index (χ0n) is 8.77. The molecule has 1 fully saturated rings. The van der Waals surface area contributed by atoms with E-state index < -0.39 is 5.60 Å². The summed E-state index contributed by atoms with van der Waals surface area (Å²) in [5.41, 5.74) is -0.439. The fraction of sp³-hybridized carbons (Fsp3) is 0.700. The molecule has 4 nitrogen and oxygen atoms in total. The van der Waals surface area contributed by atoms with Crippen LogP contribution < -0.4 is 0 Å². The fourth-order valence-corrected chi connectivity index (χ4v) is 1.87. The highest BCUT2D eigenvalue weighted by Crippen LogP contribution is 2.25. The van der Waals surface area contributed by atoms with E-state index in [9.17, 15) is 5.11 Å². The van der Waals surface area contributed by atoms with Crippen molar-refractivity contribution in [1.29, 1.82) is 0 Å². The van der Waals surface area contributed by atoms with Gasteiger partial charge in [0.25, 0.3) is 0 Å². The van der Waals surface area contributed by atoms with Crippen LogP contribution in [0.1, 0.15) is 19.2 Å². The summed E-state index contributed by atoms with van der Waals surface area (Å²) in [5.74, 6) is 1.06. The molecule has 0 aromatic carbocycles. The monoisotopic (exact) mass is 195 g/mol. The first-order chi connectivity index (χ1) is 6.63. The van der Waals surface area contributed by atoms with Gasteiger partial charge in [0.2, 0.25) is 0 Å². The molecular weight excluding hydrogens is 178 g/mol. The van der Waals surface area contributed by atoms with Crippen molar-refractivity contribution < 1.29 is 5.11 Å². The molecule has 0 spiro atoms. The van der Waals surface area contributed by atoms with Gasteiger partial charge >= 0.3 is 0 Å². The van der Waals surface area contributed by atoms with Gasteiger partial charge in [-0.05, 0) is 6.42 Å². The molecule has 0 aliphatic carbocycles. The molecule has 2 heterocycles. The molecule has 4 heteroatoms. The first-order valence-electron chi connectivity index (χ1n) is 5.04. The fourth-order valence-electron chi connectivity index (χ4n) is 1.87. The normalized spacial score (nSPS) is 20.8. The van der Waals surface area contributed by atoms with Crippen molar-refractivity contribution in [3.05, 3.63) is 18.2 Å². The maximum absolute atomic E-state index is 9.82. The van der Waals surface area contributed by atoms with E-state index in [0.717, 1.165) is 31.9 Å². The molecule has 1 aliphatic rings. The number of likely N-dealkylation sites (tertiary alicyclic amines) is 1. The van der Waals surface area contributed by atoms with Crippen molar-refractivity contribution in [2.75, 3.05) is 13.1 Å². The standard InChI is InChI=1S/C10H17N3O/c1-3-10(14)7-13(8-10)6-9-11-4-5-12(9)2/h4-5,14H,3,6-8H2,1-2H3. The van der Waals surface area contributed by atoms with E-state index in [1.54, 1.807) is 6.20 Å². The van der Waals surface area contributed by atoms with Crippen LogP contribution in [0.2, 0.25) is 0 Å². The van der Waals surface area contributed by atoms with Crippen molar-refractivity contribution in [1.82, 2.24) is 14.5 Å². The van der Waals surface area contributed by atoms with Gasteiger partial charge < -0.3 is 9.67 Å².